The van der Waals surface area contributed by atoms with Crippen molar-refractivity contribution < 1.29 is 24.5 Å². The number of ether oxygens (including phenoxy) is 1. The summed E-state index contributed by atoms with van der Waals surface area (Å²) in [5.41, 5.74) is 0. The molecule has 0 saturated carbocycles. The molecule has 2 atom stereocenters. The maximum Gasteiger partial charge on any atom is 0.305 e. The van der Waals surface area contributed by atoms with Gasteiger partial charge in [0.15, 0.2) is 0 Å². The van der Waals surface area contributed by atoms with E-state index in [1.165, 1.54) is 231 Å². The Morgan fingerprint density at radius 2 is 0.746 bits per heavy atom. The molecule has 0 rings (SSSR count). The second-order valence-electron chi connectivity index (χ2n) is 20.3. The van der Waals surface area contributed by atoms with Crippen molar-refractivity contribution in [1.29, 1.82) is 0 Å². The van der Waals surface area contributed by atoms with Crippen LogP contribution in [0.2, 0.25) is 0 Å². The molecule has 6 heteroatoms. The lowest BCUT2D eigenvalue weighted by molar-refractivity contribution is -0.143. The highest BCUT2D eigenvalue weighted by molar-refractivity contribution is 5.76. The Labute approximate surface area is 417 Å². The maximum absolute atomic E-state index is 12.4. The van der Waals surface area contributed by atoms with E-state index in [1.807, 2.05) is 0 Å². The summed E-state index contributed by atoms with van der Waals surface area (Å²) in [5, 5.41) is 23.1. The number of allylic oxidation sites excluding steroid dienone is 6. The molecule has 0 fully saturated rings. The molecule has 0 aliphatic carbocycles. The number of aliphatic hydroxyl groups excluding tert-OH is 2. The van der Waals surface area contributed by atoms with E-state index in [1.54, 1.807) is 0 Å². The fourth-order valence-electron chi connectivity index (χ4n) is 9.08. The molecule has 0 heterocycles. The van der Waals surface area contributed by atoms with E-state index in [-0.39, 0.29) is 18.5 Å². The van der Waals surface area contributed by atoms with Gasteiger partial charge >= 0.3 is 5.97 Å². The summed E-state index contributed by atoms with van der Waals surface area (Å²) < 4.78 is 5.49. The smallest absolute Gasteiger partial charge is 0.305 e. The third-order valence-corrected chi connectivity index (χ3v) is 13.7. The third kappa shape index (κ3) is 53.3. The van der Waals surface area contributed by atoms with Gasteiger partial charge < -0.3 is 20.3 Å². The standard InChI is InChI=1S/C61H115NO5/c1-3-5-7-9-11-13-14-15-16-17-26-29-32-35-39-43-47-51-55-61(66)67-56-52-48-44-40-36-33-30-27-24-22-20-18-19-21-23-25-28-31-34-38-42-46-50-54-60(65)62-58(57-63)59(64)53-49-45-41-37-12-10-8-6-4-2/h13-14,16-17,21,23,58-59,63-64H,3-12,15,18-20,22,24-57H2,1-2H3,(H,62,65)/b14-13-,17-16-,23-21-. The van der Waals surface area contributed by atoms with Crippen LogP contribution in [0.1, 0.15) is 316 Å². The van der Waals surface area contributed by atoms with Crippen molar-refractivity contribution >= 4 is 11.9 Å². The van der Waals surface area contributed by atoms with Crippen LogP contribution in [0.4, 0.5) is 0 Å². The third-order valence-electron chi connectivity index (χ3n) is 13.7. The molecular formula is C61H115NO5. The fourth-order valence-corrected chi connectivity index (χ4v) is 9.08. The molecule has 0 aromatic carbocycles. The van der Waals surface area contributed by atoms with Crippen LogP contribution in [0.15, 0.2) is 36.5 Å². The fraction of sp³-hybridized carbons (Fsp3) is 0.869. The van der Waals surface area contributed by atoms with E-state index < -0.39 is 12.1 Å². The summed E-state index contributed by atoms with van der Waals surface area (Å²) in [6.07, 6.45) is 70.1. The maximum atomic E-state index is 12.4. The lowest BCUT2D eigenvalue weighted by atomic mass is 10.0. The van der Waals surface area contributed by atoms with Crippen molar-refractivity contribution in [3.05, 3.63) is 36.5 Å². The Morgan fingerprint density at radius 1 is 0.418 bits per heavy atom. The number of esters is 1. The van der Waals surface area contributed by atoms with Crippen molar-refractivity contribution in [2.75, 3.05) is 13.2 Å². The van der Waals surface area contributed by atoms with E-state index in [9.17, 15) is 19.8 Å². The lowest BCUT2D eigenvalue weighted by Gasteiger charge is -2.22. The molecule has 3 N–H and O–H groups in total. The van der Waals surface area contributed by atoms with Gasteiger partial charge in [0.2, 0.25) is 5.91 Å². The quantitative estimate of drug-likeness (QED) is 0.0321. The van der Waals surface area contributed by atoms with Crippen LogP contribution in [0.25, 0.3) is 0 Å². The van der Waals surface area contributed by atoms with Gasteiger partial charge in [0.25, 0.3) is 0 Å². The Morgan fingerprint density at radius 3 is 1.16 bits per heavy atom. The van der Waals surface area contributed by atoms with Gasteiger partial charge in [-0.25, -0.2) is 0 Å². The lowest BCUT2D eigenvalue weighted by Crippen LogP contribution is -2.45. The SMILES string of the molecule is CCCCCC/C=C\C/C=C\CCCCCCCCCC(=O)OCCCCCCCCCCCCCC/C=C\CCCCCCCCCC(=O)NC(CO)C(O)CCCCCCCCCCC. The normalized spacial score (nSPS) is 12.8. The molecule has 0 saturated heterocycles. The molecule has 394 valence electrons. The largest absolute Gasteiger partial charge is 0.466 e. The van der Waals surface area contributed by atoms with Crippen LogP contribution in [0, 0.1) is 0 Å². The van der Waals surface area contributed by atoms with Gasteiger partial charge in [0, 0.05) is 12.8 Å². The zero-order chi connectivity index (χ0) is 48.6. The second-order valence-corrected chi connectivity index (χ2v) is 20.3. The molecule has 67 heavy (non-hydrogen) atoms. The van der Waals surface area contributed by atoms with Gasteiger partial charge in [0.05, 0.1) is 25.4 Å². The van der Waals surface area contributed by atoms with Gasteiger partial charge in [-0.05, 0) is 83.5 Å². The minimum Gasteiger partial charge on any atom is -0.466 e. The Hall–Kier alpha value is -1.92. The summed E-state index contributed by atoms with van der Waals surface area (Å²) in [6.45, 7) is 4.91. The van der Waals surface area contributed by atoms with Gasteiger partial charge in [-0.1, -0.05) is 256 Å². The van der Waals surface area contributed by atoms with E-state index in [0.717, 1.165) is 51.4 Å². The Balaban J connectivity index is 3.38. The number of carbonyl (C=O) groups excluding carboxylic acids is 2. The first-order valence-electron chi connectivity index (χ1n) is 29.7. The summed E-state index contributed by atoms with van der Waals surface area (Å²) >= 11 is 0. The van der Waals surface area contributed by atoms with E-state index in [0.29, 0.717) is 25.9 Å². The van der Waals surface area contributed by atoms with Gasteiger partial charge in [-0.15, -0.1) is 0 Å². The molecule has 0 bridgehead atoms. The van der Waals surface area contributed by atoms with E-state index in [2.05, 4.69) is 55.6 Å². The van der Waals surface area contributed by atoms with Crippen LogP contribution >= 0.6 is 0 Å². The number of amides is 1. The summed E-state index contributed by atoms with van der Waals surface area (Å²) in [7, 11) is 0. The molecule has 6 nitrogen and oxygen atoms in total. The predicted molar refractivity (Wildman–Crippen MR) is 292 cm³/mol. The predicted octanol–water partition coefficient (Wildman–Crippen LogP) is 18.4. The number of rotatable bonds is 55. The first kappa shape index (κ1) is 65.1. The zero-order valence-corrected chi connectivity index (χ0v) is 44.9. The zero-order valence-electron chi connectivity index (χ0n) is 44.9. The summed E-state index contributed by atoms with van der Waals surface area (Å²) in [6, 6.07) is -0.544. The number of hydrogen-bond acceptors (Lipinski definition) is 5. The van der Waals surface area contributed by atoms with Crippen molar-refractivity contribution in [3.8, 4) is 0 Å². The van der Waals surface area contributed by atoms with Crippen LogP contribution < -0.4 is 5.32 Å². The molecule has 1 amide bonds. The van der Waals surface area contributed by atoms with Crippen LogP contribution in [-0.4, -0.2) is 47.4 Å². The van der Waals surface area contributed by atoms with Crippen molar-refractivity contribution in [3.63, 3.8) is 0 Å². The second kappa shape index (κ2) is 56.7. The van der Waals surface area contributed by atoms with Gasteiger partial charge in [0.1, 0.15) is 0 Å². The van der Waals surface area contributed by atoms with E-state index >= 15 is 0 Å². The number of aliphatic hydroxyl groups is 2. The van der Waals surface area contributed by atoms with Crippen molar-refractivity contribution in [2.24, 2.45) is 0 Å². The average molecular weight is 943 g/mol. The molecule has 0 aromatic rings. The molecule has 2 unspecified atom stereocenters. The number of unbranched alkanes of at least 4 members (excludes halogenated alkanes) is 38. The Kier molecular flexibility index (Phi) is 55.0. The summed E-state index contributed by atoms with van der Waals surface area (Å²) in [4.78, 5) is 24.5. The average Bonchev–Trinajstić information content (AvgIpc) is 3.33. The molecular weight excluding hydrogens is 827 g/mol. The topological polar surface area (TPSA) is 95.9 Å². The minimum absolute atomic E-state index is 0.00390. The highest BCUT2D eigenvalue weighted by atomic mass is 16.5. The summed E-state index contributed by atoms with van der Waals surface area (Å²) in [5.74, 6) is -0.0399. The van der Waals surface area contributed by atoms with Crippen LogP contribution in [0.5, 0.6) is 0 Å². The Bertz CT molecular complexity index is 1090. The number of hydrogen-bond donors (Lipinski definition) is 3. The molecule has 0 aliphatic rings. The molecule has 0 radical (unpaired) electrons. The first-order valence-corrected chi connectivity index (χ1v) is 29.7. The molecule has 0 aliphatic heterocycles. The van der Waals surface area contributed by atoms with E-state index in [4.69, 9.17) is 4.74 Å². The first-order chi connectivity index (χ1) is 33.0. The highest BCUT2D eigenvalue weighted by Gasteiger charge is 2.20. The van der Waals surface area contributed by atoms with Gasteiger partial charge in [-0.2, -0.15) is 0 Å². The van der Waals surface area contributed by atoms with Crippen LogP contribution in [0.3, 0.4) is 0 Å². The van der Waals surface area contributed by atoms with Crippen molar-refractivity contribution in [2.45, 2.75) is 328 Å². The highest BCUT2D eigenvalue weighted by Crippen LogP contribution is 2.16. The monoisotopic (exact) mass is 942 g/mol. The van der Waals surface area contributed by atoms with Gasteiger partial charge in [-0.3, -0.25) is 9.59 Å². The van der Waals surface area contributed by atoms with Crippen LogP contribution in [-0.2, 0) is 14.3 Å². The number of nitrogens with one attached hydrogen (secondary N) is 1. The molecule has 0 spiro atoms. The van der Waals surface area contributed by atoms with Crippen molar-refractivity contribution in [1.82, 2.24) is 5.32 Å². The molecule has 0 aromatic heterocycles. The minimum atomic E-state index is -0.666. The number of carbonyl (C=O) groups is 2.